The van der Waals surface area contributed by atoms with E-state index in [-0.39, 0.29) is 23.8 Å². The number of nitrogens with one attached hydrogen (secondary N) is 1. The van der Waals surface area contributed by atoms with Crippen molar-refractivity contribution < 1.29 is 14.3 Å². The fourth-order valence-corrected chi connectivity index (χ4v) is 2.85. The van der Waals surface area contributed by atoms with Gasteiger partial charge in [-0.2, -0.15) is 0 Å². The first-order chi connectivity index (χ1) is 11.9. The SMILES string of the molecule is CC(C)CCOc1ccc([C@H](C)NC(=O)[C@H]2CCN(C)C(=O)C2)cc1. The Morgan fingerprint density at radius 1 is 1.28 bits per heavy atom. The van der Waals surface area contributed by atoms with Crippen LogP contribution in [0.1, 0.15) is 51.6 Å². The Hall–Kier alpha value is -2.04. The molecule has 25 heavy (non-hydrogen) atoms. The first-order valence-electron chi connectivity index (χ1n) is 9.14. The molecule has 2 atom stereocenters. The molecule has 0 unspecified atom stereocenters. The summed E-state index contributed by atoms with van der Waals surface area (Å²) in [7, 11) is 1.78. The number of ether oxygens (including phenoxy) is 1. The molecule has 1 N–H and O–H groups in total. The molecule has 2 rings (SSSR count). The van der Waals surface area contributed by atoms with Crippen molar-refractivity contribution in [3.63, 3.8) is 0 Å². The highest BCUT2D eigenvalue weighted by atomic mass is 16.5. The number of hydrogen-bond acceptors (Lipinski definition) is 3. The minimum absolute atomic E-state index is 0.0359. The van der Waals surface area contributed by atoms with Crippen molar-refractivity contribution in [3.8, 4) is 5.75 Å². The van der Waals surface area contributed by atoms with Crippen molar-refractivity contribution in [3.05, 3.63) is 29.8 Å². The average molecular weight is 346 g/mol. The van der Waals surface area contributed by atoms with E-state index < -0.39 is 0 Å². The number of piperidine rings is 1. The van der Waals surface area contributed by atoms with Gasteiger partial charge in [0.1, 0.15) is 5.75 Å². The predicted molar refractivity (Wildman–Crippen MR) is 98.3 cm³/mol. The lowest BCUT2D eigenvalue weighted by molar-refractivity contribution is -0.139. The molecular formula is C20H30N2O3. The predicted octanol–water partition coefficient (Wildman–Crippen LogP) is 3.16. The van der Waals surface area contributed by atoms with E-state index in [1.807, 2.05) is 31.2 Å². The lowest BCUT2D eigenvalue weighted by Crippen LogP contribution is -2.42. The van der Waals surface area contributed by atoms with Crippen molar-refractivity contribution in [2.75, 3.05) is 20.2 Å². The average Bonchev–Trinajstić information content (AvgIpc) is 2.57. The van der Waals surface area contributed by atoms with E-state index in [1.54, 1.807) is 11.9 Å². The van der Waals surface area contributed by atoms with Gasteiger partial charge in [-0.15, -0.1) is 0 Å². The Labute approximate surface area is 150 Å². The van der Waals surface area contributed by atoms with E-state index in [4.69, 9.17) is 4.74 Å². The standard InChI is InChI=1S/C20H30N2O3/c1-14(2)10-12-25-18-7-5-16(6-8-18)15(3)21-20(24)17-9-11-22(4)19(23)13-17/h5-8,14-15,17H,9-13H2,1-4H3,(H,21,24)/t15-,17-/m0/s1. The summed E-state index contributed by atoms with van der Waals surface area (Å²) in [6.07, 6.45) is 2.06. The molecule has 0 bridgehead atoms. The molecule has 1 heterocycles. The fraction of sp³-hybridized carbons (Fsp3) is 0.600. The van der Waals surface area contributed by atoms with Crippen LogP contribution in [0.4, 0.5) is 0 Å². The third-order valence-corrected chi connectivity index (χ3v) is 4.73. The molecule has 5 nitrogen and oxygen atoms in total. The van der Waals surface area contributed by atoms with Crippen LogP contribution in [-0.4, -0.2) is 36.9 Å². The van der Waals surface area contributed by atoms with Crippen LogP contribution in [0.15, 0.2) is 24.3 Å². The monoisotopic (exact) mass is 346 g/mol. The molecule has 0 saturated carbocycles. The number of rotatable bonds is 7. The zero-order valence-corrected chi connectivity index (χ0v) is 15.7. The van der Waals surface area contributed by atoms with Crippen LogP contribution >= 0.6 is 0 Å². The normalized spacial score (nSPS) is 19.0. The van der Waals surface area contributed by atoms with E-state index in [1.165, 1.54) is 0 Å². The highest BCUT2D eigenvalue weighted by molar-refractivity contribution is 5.87. The summed E-state index contributed by atoms with van der Waals surface area (Å²) in [5, 5.41) is 3.03. The second-order valence-corrected chi connectivity index (χ2v) is 7.34. The van der Waals surface area contributed by atoms with E-state index >= 15 is 0 Å². The van der Waals surface area contributed by atoms with Crippen LogP contribution in [0.5, 0.6) is 5.75 Å². The summed E-state index contributed by atoms with van der Waals surface area (Å²) in [5.41, 5.74) is 1.03. The Bertz CT molecular complexity index is 583. The van der Waals surface area contributed by atoms with Crippen molar-refractivity contribution in [2.45, 2.75) is 46.1 Å². The molecule has 1 aliphatic rings. The Kier molecular flexibility index (Phi) is 6.85. The number of carbonyl (C=O) groups is 2. The van der Waals surface area contributed by atoms with Gasteiger partial charge in [0, 0.05) is 25.9 Å². The van der Waals surface area contributed by atoms with Gasteiger partial charge in [-0.1, -0.05) is 26.0 Å². The Balaban J connectivity index is 1.84. The maximum absolute atomic E-state index is 12.4. The third kappa shape index (κ3) is 5.76. The second-order valence-electron chi connectivity index (χ2n) is 7.34. The van der Waals surface area contributed by atoms with Gasteiger partial charge in [0.15, 0.2) is 0 Å². The van der Waals surface area contributed by atoms with Gasteiger partial charge in [-0.25, -0.2) is 0 Å². The molecule has 5 heteroatoms. The molecule has 2 amide bonds. The number of carbonyl (C=O) groups excluding carboxylic acids is 2. The van der Waals surface area contributed by atoms with Crippen molar-refractivity contribution >= 4 is 11.8 Å². The third-order valence-electron chi connectivity index (χ3n) is 4.73. The van der Waals surface area contributed by atoms with E-state index in [2.05, 4.69) is 19.2 Å². The Morgan fingerprint density at radius 3 is 2.56 bits per heavy atom. The highest BCUT2D eigenvalue weighted by Gasteiger charge is 2.29. The molecule has 1 saturated heterocycles. The summed E-state index contributed by atoms with van der Waals surface area (Å²) in [6.45, 7) is 7.67. The van der Waals surface area contributed by atoms with Gasteiger partial charge in [0.2, 0.25) is 11.8 Å². The van der Waals surface area contributed by atoms with Crippen molar-refractivity contribution in [1.82, 2.24) is 10.2 Å². The van der Waals surface area contributed by atoms with Crippen LogP contribution in [-0.2, 0) is 9.59 Å². The van der Waals surface area contributed by atoms with Crippen molar-refractivity contribution in [1.29, 1.82) is 0 Å². The largest absolute Gasteiger partial charge is 0.494 e. The zero-order chi connectivity index (χ0) is 18.4. The van der Waals surface area contributed by atoms with Gasteiger partial charge < -0.3 is 15.0 Å². The van der Waals surface area contributed by atoms with Crippen molar-refractivity contribution in [2.24, 2.45) is 11.8 Å². The number of nitrogens with zero attached hydrogens (tertiary/aromatic N) is 1. The van der Waals surface area contributed by atoms with Crippen LogP contribution in [0.2, 0.25) is 0 Å². The van der Waals surface area contributed by atoms with E-state index in [0.29, 0.717) is 25.5 Å². The molecule has 0 radical (unpaired) electrons. The van der Waals surface area contributed by atoms with Gasteiger partial charge in [0.05, 0.1) is 12.6 Å². The molecule has 0 spiro atoms. The number of amides is 2. The zero-order valence-electron chi connectivity index (χ0n) is 15.7. The number of likely N-dealkylation sites (tertiary alicyclic amines) is 1. The first-order valence-corrected chi connectivity index (χ1v) is 9.14. The van der Waals surface area contributed by atoms with Crippen LogP contribution in [0.3, 0.4) is 0 Å². The highest BCUT2D eigenvalue weighted by Crippen LogP contribution is 2.21. The first kappa shape index (κ1) is 19.3. The van der Waals surface area contributed by atoms with Crippen LogP contribution < -0.4 is 10.1 Å². The quantitative estimate of drug-likeness (QED) is 0.825. The Morgan fingerprint density at radius 2 is 1.96 bits per heavy atom. The van der Waals surface area contributed by atoms with Gasteiger partial charge in [-0.3, -0.25) is 9.59 Å². The molecule has 1 aromatic rings. The molecule has 1 fully saturated rings. The topological polar surface area (TPSA) is 58.6 Å². The van der Waals surface area contributed by atoms with Gasteiger partial charge in [-0.05, 0) is 43.4 Å². The number of hydrogen-bond donors (Lipinski definition) is 1. The summed E-state index contributed by atoms with van der Waals surface area (Å²) in [6, 6.07) is 7.76. The van der Waals surface area contributed by atoms with Crippen LogP contribution in [0.25, 0.3) is 0 Å². The van der Waals surface area contributed by atoms with Crippen LogP contribution in [0, 0.1) is 11.8 Å². The minimum atomic E-state index is -0.218. The smallest absolute Gasteiger partial charge is 0.224 e. The number of benzene rings is 1. The minimum Gasteiger partial charge on any atom is -0.494 e. The molecule has 0 aromatic heterocycles. The molecular weight excluding hydrogens is 316 g/mol. The summed E-state index contributed by atoms with van der Waals surface area (Å²) >= 11 is 0. The van der Waals surface area contributed by atoms with E-state index in [9.17, 15) is 9.59 Å². The van der Waals surface area contributed by atoms with Gasteiger partial charge in [0.25, 0.3) is 0 Å². The van der Waals surface area contributed by atoms with Gasteiger partial charge >= 0.3 is 0 Å². The summed E-state index contributed by atoms with van der Waals surface area (Å²) in [4.78, 5) is 25.8. The summed E-state index contributed by atoms with van der Waals surface area (Å²) < 4.78 is 5.72. The summed E-state index contributed by atoms with van der Waals surface area (Å²) in [5.74, 6) is 1.27. The second kappa shape index (κ2) is 8.88. The fourth-order valence-electron chi connectivity index (χ4n) is 2.85. The maximum atomic E-state index is 12.4. The maximum Gasteiger partial charge on any atom is 0.224 e. The molecule has 1 aromatic carbocycles. The molecule has 0 aliphatic carbocycles. The molecule has 138 valence electrons. The molecule has 1 aliphatic heterocycles. The van der Waals surface area contributed by atoms with E-state index in [0.717, 1.165) is 24.2 Å². The lowest BCUT2D eigenvalue weighted by Gasteiger charge is -2.29. The lowest BCUT2D eigenvalue weighted by atomic mass is 9.95.